The summed E-state index contributed by atoms with van der Waals surface area (Å²) in [6, 6.07) is 20.1. The molecule has 6 aromatic carbocycles. The smallest absolute Gasteiger partial charge is 0.319 e. The number of aromatic amines is 3. The van der Waals surface area contributed by atoms with Crippen LogP contribution in [0.5, 0.6) is 35.3 Å². The molecular weight excluding hydrogens is 1830 g/mol. The predicted octanol–water partition coefficient (Wildman–Crippen LogP) is 16.5. The van der Waals surface area contributed by atoms with E-state index in [9.17, 15) is 14.4 Å². The van der Waals surface area contributed by atoms with Gasteiger partial charge in [-0.2, -0.15) is 85.7 Å². The van der Waals surface area contributed by atoms with Gasteiger partial charge in [0.05, 0.1) is 68.5 Å². The van der Waals surface area contributed by atoms with E-state index in [-0.39, 0.29) is 94.6 Å². The second-order valence-electron chi connectivity index (χ2n) is 36.9. The van der Waals surface area contributed by atoms with Crippen molar-refractivity contribution in [1.82, 2.24) is 89.9 Å². The average molecular weight is 1950 g/mol. The van der Waals surface area contributed by atoms with Gasteiger partial charge in [-0.3, -0.25) is 29.7 Å². The van der Waals surface area contributed by atoms with Crippen LogP contribution in [0.25, 0.3) is 98.8 Å². The lowest BCUT2D eigenvalue weighted by atomic mass is 9.94. The topological polar surface area (TPSA) is 299 Å². The number of H-pyrrole nitrogens is 3. The van der Waals surface area contributed by atoms with E-state index in [1.807, 2.05) is 69.7 Å². The van der Waals surface area contributed by atoms with Gasteiger partial charge in [-0.25, -0.2) is 0 Å². The van der Waals surface area contributed by atoms with E-state index in [0.29, 0.717) is 164 Å². The summed E-state index contributed by atoms with van der Waals surface area (Å²) in [6.07, 6.45) is 22.5. The Hall–Kier alpha value is -10.6. The molecule has 0 spiro atoms. The Morgan fingerprint density at radius 3 is 0.896 bits per heavy atom. The lowest BCUT2D eigenvalue weighted by Gasteiger charge is -2.40. The number of ether oxygens (including phenoxy) is 6. The molecule has 6 atom stereocenters. The number of carbonyl (C=O) groups is 3. The first-order valence-electron chi connectivity index (χ1n) is 46.4. The van der Waals surface area contributed by atoms with Crippen LogP contribution in [-0.2, 0) is 14.4 Å². The van der Waals surface area contributed by atoms with Crippen LogP contribution in [0.1, 0.15) is 115 Å². The Morgan fingerprint density at radius 2 is 0.659 bits per heavy atom. The molecule has 9 aliphatic rings. The molecule has 12 heterocycles. The van der Waals surface area contributed by atoms with E-state index in [1.165, 1.54) is 18.2 Å². The average Bonchev–Trinajstić information content (AvgIpc) is 1.72. The number of aryl methyl sites for hydroxylation is 3. The first-order valence-corrected chi connectivity index (χ1v) is 47.5. The number of fused-ring (bicyclic) bond motifs is 6. The molecule has 3 N–H and O–H groups in total. The van der Waals surface area contributed by atoms with Gasteiger partial charge in [0, 0.05) is 161 Å². The number of benzene rings is 6. The zero-order valence-corrected chi connectivity index (χ0v) is 83.2. The number of nitrogens with one attached hydrogen (secondary N) is 3. The van der Waals surface area contributed by atoms with E-state index < -0.39 is 0 Å². The van der Waals surface area contributed by atoms with Crippen LogP contribution in [0.3, 0.4) is 0 Å². The summed E-state index contributed by atoms with van der Waals surface area (Å²) < 4.78 is 39.3. The van der Waals surface area contributed by atoms with Crippen LogP contribution in [-0.4, -0.2) is 282 Å². The second-order valence-corrected chi connectivity index (χ2v) is 38.2. The molecule has 30 nitrogen and oxygen atoms in total. The molecule has 6 aliphatic heterocycles. The van der Waals surface area contributed by atoms with E-state index in [0.717, 1.165) is 213 Å². The van der Waals surface area contributed by atoms with Crippen LogP contribution in [0.2, 0.25) is 15.1 Å². The molecule has 21 rings (SSSR count). The third-order valence-corrected chi connectivity index (χ3v) is 28.5. The fourth-order valence-electron chi connectivity index (χ4n) is 19.7. The van der Waals surface area contributed by atoms with Crippen molar-refractivity contribution in [3.8, 4) is 68.7 Å². The van der Waals surface area contributed by atoms with Crippen LogP contribution >= 0.6 is 75.3 Å². The van der Waals surface area contributed by atoms with Crippen LogP contribution in [0.15, 0.2) is 111 Å². The number of carbonyl (C=O) groups excluding carboxylic acids is 3. The zero-order chi connectivity index (χ0) is 91.6. The number of nitrogens with zero attached hydrogens (tertiary/aromatic N) is 18. The van der Waals surface area contributed by atoms with Gasteiger partial charge in [-0.15, -0.1) is 0 Å². The number of rotatable bonds is 24. The van der Waals surface area contributed by atoms with Gasteiger partial charge in [0.1, 0.15) is 53.8 Å². The van der Waals surface area contributed by atoms with Crippen molar-refractivity contribution in [3.05, 3.63) is 143 Å². The van der Waals surface area contributed by atoms with Gasteiger partial charge in [0.2, 0.25) is 17.7 Å². The minimum atomic E-state index is -0.0645. The summed E-state index contributed by atoms with van der Waals surface area (Å²) in [6.45, 7) is 33.4. The molecule has 6 aromatic heterocycles. The lowest BCUT2D eigenvalue weighted by molar-refractivity contribution is -0.127. The van der Waals surface area contributed by atoms with Crippen molar-refractivity contribution in [2.75, 3.05) is 134 Å². The number of likely N-dealkylation sites (tertiary alicyclic amines) is 3. The van der Waals surface area contributed by atoms with Gasteiger partial charge in [-0.05, 0) is 231 Å². The largest absolute Gasteiger partial charge is 0.487 e. The normalized spacial score (nSPS) is 20.4. The monoisotopic (exact) mass is 1950 g/mol. The van der Waals surface area contributed by atoms with E-state index in [4.69, 9.17) is 93.1 Å². The number of hydrogen-bond donors (Lipinski definition) is 3. The summed E-state index contributed by atoms with van der Waals surface area (Å²) in [4.78, 5) is 86.6. The van der Waals surface area contributed by atoms with Crippen LogP contribution in [0, 0.1) is 20.8 Å². The number of anilines is 3. The van der Waals surface area contributed by atoms with Crippen molar-refractivity contribution in [2.45, 2.75) is 173 Å². The number of halogens is 3. The molecule has 9 fully saturated rings. The first kappa shape index (κ1) is 97.5. The van der Waals surface area contributed by atoms with Gasteiger partial charge in [-0.1, -0.05) is 72.7 Å². The molecule has 0 unspecified atom stereocenters. The number of likely N-dealkylation sites (N-methyl/N-ethyl adjacent to an activating group) is 3. The van der Waals surface area contributed by atoms with Gasteiger partial charge in [0.25, 0.3) is 0 Å². The summed E-state index contributed by atoms with van der Waals surface area (Å²) in [5.74, 6) is 3.94. The molecule has 0 radical (unpaired) electrons. The quantitative estimate of drug-likeness (QED) is 0.0473. The van der Waals surface area contributed by atoms with Crippen LogP contribution in [0.4, 0.5) is 17.5 Å². The summed E-state index contributed by atoms with van der Waals surface area (Å²) >= 11 is 21.7. The van der Waals surface area contributed by atoms with Crippen molar-refractivity contribution >= 4 is 176 Å². The lowest BCUT2D eigenvalue weighted by Crippen LogP contribution is -2.53. The molecule has 0 bridgehead atoms. The van der Waals surface area contributed by atoms with Crippen molar-refractivity contribution in [1.29, 1.82) is 0 Å². The summed E-state index contributed by atoms with van der Waals surface area (Å²) in [5.41, 5.74) is 13.3. The SMILES string of the molecule is C=CC(=O)N1CCN(c2nc(OC[C@@H]3CCCN3C)nc3c(OC4CC4)c(-c4c(C)ccc5[nH]ncc45)c(Cl)cc23)[C@@H](C)C1.C=CC(=O)N1CCN(c2nc(OC[C@@H]3CCCN3C)nc3c(OC4CC4)c(-c4c(C)ccc5[nH]ncc45)c(Cl)cc23)[C@@H](C)C1.C=CC(=O)N1CCN(c2nc(OC[C@@H]3CCCN3C)nc3c(OC4CC4)c(-c4c(C)ccc5[nH]ncc45)c(Cl)cc23)[C@@H](C)C1.S.S.S. The Bertz CT molecular complexity index is 5890. The van der Waals surface area contributed by atoms with Gasteiger partial charge in [0.15, 0.2) is 17.2 Å². The highest BCUT2D eigenvalue weighted by Crippen LogP contribution is 2.54. The fraction of sp³-hybridized carbons (Fsp3) is 0.455. The highest BCUT2D eigenvalue weighted by molar-refractivity contribution is 7.59. The van der Waals surface area contributed by atoms with Crippen molar-refractivity contribution in [2.24, 2.45) is 0 Å². The molecule has 3 aliphatic carbocycles. The number of aromatic nitrogens is 12. The Kier molecular flexibility index (Phi) is 29.9. The third-order valence-electron chi connectivity index (χ3n) is 27.6. The van der Waals surface area contributed by atoms with Crippen molar-refractivity contribution in [3.63, 3.8) is 0 Å². The number of amides is 3. The maximum absolute atomic E-state index is 12.4. The molecule has 3 amide bonds. The molecule has 36 heteroatoms. The number of hydrogen-bond acceptors (Lipinski definition) is 24. The highest BCUT2D eigenvalue weighted by Gasteiger charge is 2.40. The van der Waals surface area contributed by atoms with Crippen molar-refractivity contribution < 1.29 is 42.8 Å². The van der Waals surface area contributed by atoms with Gasteiger partial charge < -0.3 is 72.5 Å². The molecule has 6 saturated heterocycles. The zero-order valence-electron chi connectivity index (χ0n) is 77.9. The minimum absolute atomic E-state index is 0. The van der Waals surface area contributed by atoms with Gasteiger partial charge >= 0.3 is 18.0 Å². The molecular formula is C99H120Cl3N21O9S3. The van der Waals surface area contributed by atoms with E-state index in [1.54, 1.807) is 0 Å². The molecule has 714 valence electrons. The summed E-state index contributed by atoms with van der Waals surface area (Å²) in [5, 5.41) is 29.2. The standard InChI is InChI=1S/3C33H38ClN7O3.3H2S/c3*1-5-27(42)40-13-14-41(20(3)17-40)32-23-15-25(34)29(28-19(2)8-11-26-24(28)16-35-38-26)31(44-22-9-10-22)30(23)36-33(37-32)43-18-21-7-6-12-39(21)4;;;/h3*5,8,11,15-16,20-22H,1,6-7,9-10,12-14,17-18H2,2-4H3,(H,35,38);3*1H2/t3*20-,21-;;;/m000.../s1. The Morgan fingerprint density at radius 1 is 0.385 bits per heavy atom. The fourth-order valence-corrected chi connectivity index (χ4v) is 20.6. The first-order chi connectivity index (χ1) is 64.0. The third kappa shape index (κ3) is 20.0. The maximum Gasteiger partial charge on any atom is 0.319 e. The molecule has 135 heavy (non-hydrogen) atoms. The Balaban J connectivity index is 0.000000145. The second kappa shape index (κ2) is 41.4. The van der Waals surface area contributed by atoms with Crippen LogP contribution < -0.4 is 43.1 Å². The molecule has 12 aromatic rings. The van der Waals surface area contributed by atoms with E-state index >= 15 is 0 Å². The van der Waals surface area contributed by atoms with E-state index in [2.05, 4.69) is 161 Å². The highest BCUT2D eigenvalue weighted by atomic mass is 35.5. The molecule has 3 saturated carbocycles. The Labute approximate surface area is 821 Å². The predicted molar refractivity (Wildman–Crippen MR) is 549 cm³/mol. The minimum Gasteiger partial charge on any atom is -0.487 e. The number of piperazine rings is 3. The maximum atomic E-state index is 12.4. The summed E-state index contributed by atoms with van der Waals surface area (Å²) in [7, 11) is 6.40.